The molecule has 2 aromatic carbocycles. The maximum Gasteiger partial charge on any atom is 0.407 e. The quantitative estimate of drug-likeness (QED) is 0.491. The number of ether oxygens (including phenoxy) is 1. The maximum absolute atomic E-state index is 12.6. The molecule has 1 aliphatic carbocycles. The summed E-state index contributed by atoms with van der Waals surface area (Å²) in [4.78, 5) is 41.2. The van der Waals surface area contributed by atoms with Crippen LogP contribution in [0.25, 0.3) is 11.1 Å². The predicted molar refractivity (Wildman–Crippen MR) is 127 cm³/mol. The minimum absolute atomic E-state index is 0.0795. The Bertz CT molecular complexity index is 1150. The lowest BCUT2D eigenvalue weighted by Gasteiger charge is -2.22. The van der Waals surface area contributed by atoms with Crippen LogP contribution in [0.4, 0.5) is 4.79 Å². The van der Waals surface area contributed by atoms with Gasteiger partial charge in [0.25, 0.3) is 11.8 Å². The van der Waals surface area contributed by atoms with Crippen molar-refractivity contribution < 1.29 is 19.1 Å². The third-order valence-corrected chi connectivity index (χ3v) is 5.81. The average molecular weight is 459 g/mol. The number of nitrogens with zero attached hydrogens (tertiary/aromatic N) is 1. The Hall–Kier alpha value is -4.20. The largest absolute Gasteiger partial charge is 0.449 e. The molecule has 3 amide bonds. The van der Waals surface area contributed by atoms with Crippen molar-refractivity contribution in [2.45, 2.75) is 25.8 Å². The van der Waals surface area contributed by atoms with E-state index in [1.54, 1.807) is 13.8 Å². The van der Waals surface area contributed by atoms with Gasteiger partial charge in [0, 0.05) is 23.9 Å². The number of hydrogen-bond acceptors (Lipinski definition) is 5. The molecule has 1 heterocycles. The van der Waals surface area contributed by atoms with E-state index in [1.165, 1.54) is 24.5 Å². The number of fused-ring (bicyclic) bond motifs is 3. The second kappa shape index (κ2) is 10.2. The second-order valence-corrected chi connectivity index (χ2v) is 8.37. The van der Waals surface area contributed by atoms with Crippen LogP contribution >= 0.6 is 0 Å². The van der Waals surface area contributed by atoms with E-state index in [4.69, 9.17) is 4.74 Å². The molecule has 1 atom stereocenters. The van der Waals surface area contributed by atoms with Gasteiger partial charge in [-0.25, -0.2) is 4.79 Å². The normalized spacial score (nSPS) is 12.9. The standard InChI is InChI=1S/C26H26N4O4/c1-16(2)23(25(32)30-29-24(31)17-11-13-27-14-12-17)28-26(33)34-15-22-20-9-5-3-7-18(20)19-8-4-6-10-21(19)22/h3-14,16,22-23H,15H2,1-2H3,(H,28,33)(H,29,31)(H,30,32)/t23-/m0/s1. The Morgan fingerprint density at radius 3 is 2.06 bits per heavy atom. The summed E-state index contributed by atoms with van der Waals surface area (Å²) in [6.45, 7) is 3.72. The van der Waals surface area contributed by atoms with E-state index >= 15 is 0 Å². The lowest BCUT2D eigenvalue weighted by Crippen LogP contribution is -2.54. The Morgan fingerprint density at radius 2 is 1.47 bits per heavy atom. The van der Waals surface area contributed by atoms with Crippen molar-refractivity contribution in [1.29, 1.82) is 0 Å². The number of carbonyl (C=O) groups is 3. The molecule has 34 heavy (non-hydrogen) atoms. The van der Waals surface area contributed by atoms with Gasteiger partial charge in [-0.2, -0.15) is 0 Å². The molecular weight excluding hydrogens is 432 g/mol. The van der Waals surface area contributed by atoms with Crippen LogP contribution in [0.5, 0.6) is 0 Å². The highest BCUT2D eigenvalue weighted by molar-refractivity contribution is 5.96. The number of amides is 3. The minimum atomic E-state index is -0.895. The molecule has 0 saturated carbocycles. The summed E-state index contributed by atoms with van der Waals surface area (Å²) in [6, 6.07) is 18.3. The van der Waals surface area contributed by atoms with Gasteiger partial charge in [0.2, 0.25) is 0 Å². The van der Waals surface area contributed by atoms with Crippen molar-refractivity contribution >= 4 is 17.9 Å². The average Bonchev–Trinajstić information content (AvgIpc) is 3.18. The van der Waals surface area contributed by atoms with Crippen molar-refractivity contribution in [3.63, 3.8) is 0 Å². The third kappa shape index (κ3) is 4.91. The summed E-state index contributed by atoms with van der Waals surface area (Å²) in [6.07, 6.45) is 2.26. The number of alkyl carbamates (subject to hydrolysis) is 1. The molecule has 1 aromatic heterocycles. The van der Waals surface area contributed by atoms with Gasteiger partial charge in [0.1, 0.15) is 12.6 Å². The summed E-state index contributed by atoms with van der Waals surface area (Å²) in [5.74, 6) is -1.35. The molecular formula is C26H26N4O4. The molecule has 8 heteroatoms. The van der Waals surface area contributed by atoms with Gasteiger partial charge < -0.3 is 10.1 Å². The topological polar surface area (TPSA) is 109 Å². The molecule has 3 N–H and O–H groups in total. The molecule has 0 fully saturated rings. The van der Waals surface area contributed by atoms with Gasteiger partial charge in [-0.1, -0.05) is 62.4 Å². The zero-order valence-electron chi connectivity index (χ0n) is 18.9. The van der Waals surface area contributed by atoms with Crippen LogP contribution in [0.2, 0.25) is 0 Å². The number of aromatic nitrogens is 1. The molecule has 1 aliphatic rings. The molecule has 174 valence electrons. The highest BCUT2D eigenvalue weighted by Gasteiger charge is 2.30. The number of hydrogen-bond donors (Lipinski definition) is 3. The Morgan fingerprint density at radius 1 is 0.882 bits per heavy atom. The van der Waals surface area contributed by atoms with Crippen LogP contribution in [0.1, 0.15) is 41.3 Å². The highest BCUT2D eigenvalue weighted by Crippen LogP contribution is 2.44. The molecule has 0 bridgehead atoms. The van der Waals surface area contributed by atoms with E-state index in [0.29, 0.717) is 5.56 Å². The number of hydrazine groups is 1. The minimum Gasteiger partial charge on any atom is -0.449 e. The van der Waals surface area contributed by atoms with Crippen LogP contribution in [-0.4, -0.2) is 35.5 Å². The zero-order valence-corrected chi connectivity index (χ0v) is 18.9. The van der Waals surface area contributed by atoms with Gasteiger partial charge >= 0.3 is 6.09 Å². The lowest BCUT2D eigenvalue weighted by molar-refractivity contribution is -0.124. The molecule has 4 rings (SSSR count). The van der Waals surface area contributed by atoms with Crippen LogP contribution in [0.3, 0.4) is 0 Å². The van der Waals surface area contributed by atoms with Gasteiger partial charge in [0.05, 0.1) is 0 Å². The number of pyridine rings is 1. The Balaban J connectivity index is 1.35. The van der Waals surface area contributed by atoms with Crippen LogP contribution < -0.4 is 16.2 Å². The summed E-state index contributed by atoms with van der Waals surface area (Å²) in [5, 5.41) is 2.62. The van der Waals surface area contributed by atoms with E-state index in [0.717, 1.165) is 22.3 Å². The summed E-state index contributed by atoms with van der Waals surface area (Å²) >= 11 is 0. The van der Waals surface area contributed by atoms with E-state index in [2.05, 4.69) is 33.3 Å². The van der Waals surface area contributed by atoms with E-state index in [1.807, 2.05) is 36.4 Å². The highest BCUT2D eigenvalue weighted by atomic mass is 16.5. The first-order chi connectivity index (χ1) is 16.5. The first kappa shape index (κ1) is 23.0. The lowest BCUT2D eigenvalue weighted by atomic mass is 9.98. The van der Waals surface area contributed by atoms with Crippen molar-refractivity contribution in [1.82, 2.24) is 21.2 Å². The van der Waals surface area contributed by atoms with E-state index in [-0.39, 0.29) is 18.4 Å². The zero-order chi connectivity index (χ0) is 24.1. The third-order valence-electron chi connectivity index (χ3n) is 5.81. The SMILES string of the molecule is CC(C)[C@H](NC(=O)OCC1c2ccccc2-c2ccccc21)C(=O)NNC(=O)c1ccncc1. The fraction of sp³-hybridized carbons (Fsp3) is 0.231. The fourth-order valence-electron chi connectivity index (χ4n) is 4.07. The smallest absolute Gasteiger partial charge is 0.407 e. The van der Waals surface area contributed by atoms with Crippen molar-refractivity contribution in [2.24, 2.45) is 5.92 Å². The molecule has 0 spiro atoms. The fourth-order valence-corrected chi connectivity index (χ4v) is 4.07. The van der Waals surface area contributed by atoms with Crippen molar-refractivity contribution in [3.8, 4) is 11.1 Å². The molecule has 8 nitrogen and oxygen atoms in total. The van der Waals surface area contributed by atoms with Crippen LogP contribution in [-0.2, 0) is 9.53 Å². The maximum atomic E-state index is 12.6. The van der Waals surface area contributed by atoms with Gasteiger partial charge in [0.15, 0.2) is 0 Å². The molecule has 0 aliphatic heterocycles. The van der Waals surface area contributed by atoms with Crippen molar-refractivity contribution in [3.05, 3.63) is 89.7 Å². The van der Waals surface area contributed by atoms with Gasteiger partial charge in [-0.3, -0.25) is 25.4 Å². The van der Waals surface area contributed by atoms with E-state index < -0.39 is 23.9 Å². The number of benzene rings is 2. The number of carbonyl (C=O) groups excluding carboxylic acids is 3. The van der Waals surface area contributed by atoms with Gasteiger partial charge in [-0.15, -0.1) is 0 Å². The van der Waals surface area contributed by atoms with Crippen LogP contribution in [0.15, 0.2) is 73.1 Å². The molecule has 0 unspecified atom stereocenters. The molecule has 0 saturated heterocycles. The first-order valence-corrected chi connectivity index (χ1v) is 11.1. The van der Waals surface area contributed by atoms with E-state index in [9.17, 15) is 14.4 Å². The van der Waals surface area contributed by atoms with Crippen LogP contribution in [0, 0.1) is 5.92 Å². The van der Waals surface area contributed by atoms with Crippen molar-refractivity contribution in [2.75, 3.05) is 6.61 Å². The summed E-state index contributed by atoms with van der Waals surface area (Å²) in [7, 11) is 0. The summed E-state index contributed by atoms with van der Waals surface area (Å²) < 4.78 is 5.54. The Labute approximate surface area is 197 Å². The molecule has 3 aromatic rings. The monoisotopic (exact) mass is 458 g/mol. The summed E-state index contributed by atoms with van der Waals surface area (Å²) in [5.41, 5.74) is 9.54. The first-order valence-electron chi connectivity index (χ1n) is 11.1. The second-order valence-electron chi connectivity index (χ2n) is 8.37. The van der Waals surface area contributed by atoms with Gasteiger partial charge in [-0.05, 0) is 40.3 Å². The molecule has 0 radical (unpaired) electrons. The number of rotatable bonds is 6. The number of nitrogens with one attached hydrogen (secondary N) is 3. The Kier molecular flexibility index (Phi) is 6.87. The predicted octanol–water partition coefficient (Wildman–Crippen LogP) is 3.41.